The van der Waals surface area contributed by atoms with Gasteiger partial charge in [0.2, 0.25) is 5.91 Å². The lowest BCUT2D eigenvalue weighted by molar-refractivity contribution is -0.191. The van der Waals surface area contributed by atoms with Crippen molar-refractivity contribution in [1.82, 2.24) is 10.4 Å². The van der Waals surface area contributed by atoms with Gasteiger partial charge in [0.05, 0.1) is 0 Å². The van der Waals surface area contributed by atoms with Crippen LogP contribution in [0.15, 0.2) is 24.3 Å². The highest BCUT2D eigenvalue weighted by Crippen LogP contribution is 2.37. The number of halogens is 3. The van der Waals surface area contributed by atoms with Crippen LogP contribution in [-0.4, -0.2) is 23.6 Å². The molecule has 1 amide bonds. The van der Waals surface area contributed by atoms with Gasteiger partial charge in [-0.1, -0.05) is 38.1 Å². The smallest absolute Gasteiger partial charge is 0.288 e. The van der Waals surface area contributed by atoms with Crippen molar-refractivity contribution in [3.8, 4) is 0 Å². The van der Waals surface area contributed by atoms with Gasteiger partial charge < -0.3 is 0 Å². The molecule has 1 saturated heterocycles. The molecule has 116 valence electrons. The highest BCUT2D eigenvalue weighted by molar-refractivity contribution is 5.77. The van der Waals surface area contributed by atoms with E-state index in [2.05, 4.69) is 19.3 Å². The van der Waals surface area contributed by atoms with Crippen molar-refractivity contribution >= 4 is 5.91 Å². The minimum absolute atomic E-state index is 0.0662. The normalized spacial score (nSPS) is 18.1. The number of hydrogen-bond donors (Lipinski definition) is 1. The lowest BCUT2D eigenvalue weighted by Crippen LogP contribution is -2.43. The minimum Gasteiger partial charge on any atom is -0.288 e. The van der Waals surface area contributed by atoms with Gasteiger partial charge in [0.15, 0.2) is 0 Å². The predicted molar refractivity (Wildman–Crippen MR) is 73.2 cm³/mol. The summed E-state index contributed by atoms with van der Waals surface area (Å²) in [6.45, 7) is 4.19. The molecule has 3 nitrogen and oxygen atoms in total. The Labute approximate surface area is 122 Å². The molecule has 21 heavy (non-hydrogen) atoms. The quantitative estimate of drug-likeness (QED) is 0.926. The topological polar surface area (TPSA) is 32.3 Å². The Bertz CT molecular complexity index is 497. The van der Waals surface area contributed by atoms with Gasteiger partial charge in [-0.15, -0.1) is 0 Å². The Morgan fingerprint density at radius 2 is 1.86 bits per heavy atom. The van der Waals surface area contributed by atoms with Crippen LogP contribution in [0.4, 0.5) is 13.2 Å². The maximum absolute atomic E-state index is 13.3. The first-order chi connectivity index (χ1) is 9.77. The fourth-order valence-electron chi connectivity index (χ4n) is 2.54. The predicted octanol–water partition coefficient (Wildman–Crippen LogP) is 3.23. The molecule has 2 rings (SSSR count). The molecule has 0 saturated carbocycles. The number of amides is 1. The molecule has 6 heteroatoms. The number of rotatable bonds is 4. The Morgan fingerprint density at radius 3 is 2.29 bits per heavy atom. The number of hydrazine groups is 1. The molecule has 1 N–H and O–H groups in total. The highest BCUT2D eigenvalue weighted by Gasteiger charge is 2.46. The third-order valence-corrected chi connectivity index (χ3v) is 3.41. The van der Waals surface area contributed by atoms with E-state index < -0.39 is 12.2 Å². The van der Waals surface area contributed by atoms with Crippen molar-refractivity contribution in [2.45, 2.75) is 38.9 Å². The lowest BCUT2D eigenvalue weighted by Gasteiger charge is -2.29. The van der Waals surface area contributed by atoms with Crippen molar-refractivity contribution in [2.75, 3.05) is 6.54 Å². The standard InChI is InChI=1S/C15H19F3N2O/c1-10(2)9-11-3-5-12(6-4-11)14(15(16,17)18)20-8-7-13(21)19-20/h3-6,10,14H,7-9H2,1-2H3,(H,19,21)/t14-/m0/s1. The van der Waals surface area contributed by atoms with Gasteiger partial charge >= 0.3 is 6.18 Å². The van der Waals surface area contributed by atoms with Crippen molar-refractivity contribution in [2.24, 2.45) is 5.92 Å². The Morgan fingerprint density at radius 1 is 1.24 bits per heavy atom. The Balaban J connectivity index is 2.23. The largest absolute Gasteiger partial charge is 0.409 e. The molecule has 1 aromatic rings. The molecule has 1 aliphatic rings. The van der Waals surface area contributed by atoms with Crippen molar-refractivity contribution in [3.63, 3.8) is 0 Å². The molecular formula is C15H19F3N2O. The molecule has 0 unspecified atom stereocenters. The summed E-state index contributed by atoms with van der Waals surface area (Å²) < 4.78 is 39.9. The molecule has 1 heterocycles. The summed E-state index contributed by atoms with van der Waals surface area (Å²) >= 11 is 0. The molecule has 0 spiro atoms. The van der Waals surface area contributed by atoms with E-state index in [9.17, 15) is 18.0 Å². The van der Waals surface area contributed by atoms with Gasteiger partial charge in [0.25, 0.3) is 0 Å². The molecule has 1 atom stereocenters. The fourth-order valence-corrected chi connectivity index (χ4v) is 2.54. The van der Waals surface area contributed by atoms with E-state index in [0.29, 0.717) is 5.92 Å². The fraction of sp³-hybridized carbons (Fsp3) is 0.533. The maximum Gasteiger partial charge on any atom is 0.409 e. The molecule has 1 aromatic carbocycles. The molecule has 0 aliphatic carbocycles. The lowest BCUT2D eigenvalue weighted by atomic mass is 9.99. The summed E-state index contributed by atoms with van der Waals surface area (Å²) in [5.74, 6) is 0.0767. The maximum atomic E-state index is 13.3. The van der Waals surface area contributed by atoms with Crippen molar-refractivity contribution in [1.29, 1.82) is 0 Å². The van der Waals surface area contributed by atoms with Gasteiger partial charge in [-0.05, 0) is 23.5 Å². The Hall–Kier alpha value is -1.56. The van der Waals surface area contributed by atoms with Gasteiger partial charge in [0.1, 0.15) is 6.04 Å². The molecular weight excluding hydrogens is 281 g/mol. The van der Waals surface area contributed by atoms with Gasteiger partial charge in [-0.25, -0.2) is 5.01 Å². The monoisotopic (exact) mass is 300 g/mol. The second-order valence-corrected chi connectivity index (χ2v) is 5.76. The van der Waals surface area contributed by atoms with Crippen LogP contribution in [0, 0.1) is 5.92 Å². The zero-order valence-electron chi connectivity index (χ0n) is 12.1. The average Bonchev–Trinajstić information content (AvgIpc) is 2.75. The number of hydrogen-bond acceptors (Lipinski definition) is 2. The third-order valence-electron chi connectivity index (χ3n) is 3.41. The number of benzene rings is 1. The van der Waals surface area contributed by atoms with Crippen LogP contribution in [0.1, 0.15) is 37.4 Å². The number of carbonyl (C=O) groups excluding carboxylic acids is 1. The van der Waals surface area contributed by atoms with Crippen LogP contribution in [-0.2, 0) is 11.2 Å². The zero-order valence-corrected chi connectivity index (χ0v) is 12.1. The molecule has 0 aromatic heterocycles. The van der Waals surface area contributed by atoms with Crippen molar-refractivity contribution < 1.29 is 18.0 Å². The van der Waals surface area contributed by atoms with Crippen LogP contribution in [0.25, 0.3) is 0 Å². The first kappa shape index (κ1) is 15.8. The summed E-state index contributed by atoms with van der Waals surface area (Å²) in [5, 5.41) is 0.972. The van der Waals surface area contributed by atoms with E-state index in [-0.39, 0.29) is 24.4 Å². The SMILES string of the molecule is CC(C)Cc1ccc([C@H](N2CCC(=O)N2)C(F)(F)F)cc1. The van der Waals surface area contributed by atoms with E-state index in [4.69, 9.17) is 0 Å². The number of nitrogens with one attached hydrogen (secondary N) is 1. The third kappa shape index (κ3) is 3.97. The van der Waals surface area contributed by atoms with E-state index in [1.165, 1.54) is 12.1 Å². The van der Waals surface area contributed by atoms with Gasteiger partial charge in [-0.3, -0.25) is 10.2 Å². The summed E-state index contributed by atoms with van der Waals surface area (Å²) in [4.78, 5) is 11.2. The second kappa shape index (κ2) is 6.05. The van der Waals surface area contributed by atoms with E-state index in [0.717, 1.165) is 17.0 Å². The summed E-state index contributed by atoms with van der Waals surface area (Å²) in [7, 11) is 0. The number of alkyl halides is 3. The summed E-state index contributed by atoms with van der Waals surface area (Å²) in [6.07, 6.45) is -3.51. The summed E-state index contributed by atoms with van der Waals surface area (Å²) in [6, 6.07) is 4.66. The van der Waals surface area contributed by atoms with Crippen LogP contribution < -0.4 is 5.43 Å². The van der Waals surface area contributed by atoms with Crippen LogP contribution in [0.3, 0.4) is 0 Å². The minimum atomic E-state index is -4.43. The van der Waals surface area contributed by atoms with E-state index >= 15 is 0 Å². The highest BCUT2D eigenvalue weighted by atomic mass is 19.4. The Kier molecular flexibility index (Phi) is 4.56. The number of nitrogens with zero attached hydrogens (tertiary/aromatic N) is 1. The molecule has 1 fully saturated rings. The first-order valence-corrected chi connectivity index (χ1v) is 6.99. The van der Waals surface area contributed by atoms with Crippen LogP contribution >= 0.6 is 0 Å². The van der Waals surface area contributed by atoms with Gasteiger partial charge in [-0.2, -0.15) is 13.2 Å². The molecule has 0 radical (unpaired) electrons. The zero-order chi connectivity index (χ0) is 15.6. The van der Waals surface area contributed by atoms with Gasteiger partial charge in [0, 0.05) is 13.0 Å². The van der Waals surface area contributed by atoms with Crippen LogP contribution in [0.2, 0.25) is 0 Å². The average molecular weight is 300 g/mol. The number of carbonyl (C=O) groups is 1. The van der Waals surface area contributed by atoms with Crippen molar-refractivity contribution in [3.05, 3.63) is 35.4 Å². The van der Waals surface area contributed by atoms with E-state index in [1.807, 2.05) is 0 Å². The summed E-state index contributed by atoms with van der Waals surface area (Å²) in [5.41, 5.74) is 3.44. The van der Waals surface area contributed by atoms with Crippen LogP contribution in [0.5, 0.6) is 0 Å². The second-order valence-electron chi connectivity index (χ2n) is 5.76. The first-order valence-electron chi connectivity index (χ1n) is 6.99. The molecule has 0 bridgehead atoms. The molecule has 1 aliphatic heterocycles. The van der Waals surface area contributed by atoms with E-state index in [1.54, 1.807) is 12.1 Å².